The molecule has 0 bridgehead atoms. The predicted molar refractivity (Wildman–Crippen MR) is 40.5 cm³/mol. The Labute approximate surface area is 61.9 Å². The topological polar surface area (TPSA) is 66.5 Å². The first-order valence-corrected chi connectivity index (χ1v) is 3.50. The molecule has 0 aromatic carbocycles. The van der Waals surface area contributed by atoms with E-state index in [0.717, 1.165) is 0 Å². The highest BCUT2D eigenvalue weighted by Gasteiger charge is 2.26. The van der Waals surface area contributed by atoms with Crippen molar-refractivity contribution in [1.82, 2.24) is 0 Å². The van der Waals surface area contributed by atoms with Crippen LogP contribution in [0.1, 0.15) is 13.8 Å². The highest BCUT2D eigenvalue weighted by Crippen LogP contribution is 2.24. The first kappa shape index (κ1) is 9.88. The molecule has 0 spiro atoms. The van der Waals surface area contributed by atoms with Gasteiger partial charge in [-0.2, -0.15) is 0 Å². The van der Waals surface area contributed by atoms with Crippen molar-refractivity contribution >= 4 is 0 Å². The van der Waals surface area contributed by atoms with Crippen LogP contribution in [0.2, 0.25) is 0 Å². The first-order chi connectivity index (χ1) is 4.58. The van der Waals surface area contributed by atoms with E-state index < -0.39 is 0 Å². The summed E-state index contributed by atoms with van der Waals surface area (Å²) in [6.07, 6.45) is 0. The lowest BCUT2D eigenvalue weighted by Gasteiger charge is -2.29. The van der Waals surface area contributed by atoms with Crippen molar-refractivity contribution in [3.05, 3.63) is 0 Å². The lowest BCUT2D eigenvalue weighted by Crippen LogP contribution is -2.35. The van der Waals surface area contributed by atoms with Crippen LogP contribution in [0.3, 0.4) is 0 Å². The number of aliphatic hydroxyl groups excluding tert-OH is 2. The smallest absolute Gasteiger partial charge is 0.0486 e. The van der Waals surface area contributed by atoms with E-state index in [-0.39, 0.29) is 24.5 Å². The summed E-state index contributed by atoms with van der Waals surface area (Å²) in [6, 6.07) is 0. The average Bonchev–Trinajstić information content (AvgIpc) is 1.90. The van der Waals surface area contributed by atoms with Crippen LogP contribution in [-0.2, 0) is 0 Å². The quantitative estimate of drug-likeness (QED) is 0.505. The molecular weight excluding hydrogens is 130 g/mol. The lowest BCUT2D eigenvalue weighted by atomic mass is 9.80. The van der Waals surface area contributed by atoms with Gasteiger partial charge in [0.1, 0.15) is 0 Å². The third-order valence-corrected chi connectivity index (χ3v) is 2.02. The summed E-state index contributed by atoms with van der Waals surface area (Å²) < 4.78 is 0. The summed E-state index contributed by atoms with van der Waals surface area (Å²) in [4.78, 5) is 0. The van der Waals surface area contributed by atoms with Gasteiger partial charge in [-0.1, -0.05) is 13.8 Å². The normalized spacial score (nSPS) is 15.3. The van der Waals surface area contributed by atoms with E-state index in [4.69, 9.17) is 15.9 Å². The third-order valence-electron chi connectivity index (χ3n) is 2.02. The molecule has 0 radical (unpaired) electrons. The van der Waals surface area contributed by atoms with E-state index in [0.29, 0.717) is 6.54 Å². The Bertz CT molecular complexity index is 89.6. The fourth-order valence-electron chi connectivity index (χ4n) is 0.770. The molecule has 1 unspecified atom stereocenters. The van der Waals surface area contributed by atoms with Crippen LogP contribution in [0.15, 0.2) is 0 Å². The van der Waals surface area contributed by atoms with E-state index >= 15 is 0 Å². The van der Waals surface area contributed by atoms with Gasteiger partial charge >= 0.3 is 0 Å². The van der Waals surface area contributed by atoms with Gasteiger partial charge in [-0.25, -0.2) is 0 Å². The average molecular weight is 147 g/mol. The Morgan fingerprint density at radius 3 is 2.00 bits per heavy atom. The minimum atomic E-state index is -0.260. The highest BCUT2D eigenvalue weighted by molar-refractivity contribution is 4.77. The summed E-state index contributed by atoms with van der Waals surface area (Å²) in [6.45, 7) is 4.31. The number of hydrogen-bond acceptors (Lipinski definition) is 3. The molecule has 0 aliphatic carbocycles. The van der Waals surface area contributed by atoms with Crippen LogP contribution >= 0.6 is 0 Å². The maximum Gasteiger partial charge on any atom is 0.0486 e. The van der Waals surface area contributed by atoms with Crippen molar-refractivity contribution in [1.29, 1.82) is 0 Å². The number of nitrogens with two attached hydrogens (primary N) is 1. The Morgan fingerprint density at radius 2 is 1.90 bits per heavy atom. The van der Waals surface area contributed by atoms with Gasteiger partial charge in [-0.15, -0.1) is 0 Å². The second-order valence-corrected chi connectivity index (χ2v) is 3.26. The largest absolute Gasteiger partial charge is 0.396 e. The van der Waals surface area contributed by atoms with Gasteiger partial charge in [0.25, 0.3) is 0 Å². The maximum atomic E-state index is 8.86. The zero-order valence-electron chi connectivity index (χ0n) is 6.67. The molecular formula is C7H17NO2. The molecule has 0 saturated heterocycles. The van der Waals surface area contributed by atoms with Crippen molar-refractivity contribution in [2.45, 2.75) is 13.8 Å². The Morgan fingerprint density at radius 1 is 1.40 bits per heavy atom. The number of rotatable bonds is 4. The zero-order chi connectivity index (χ0) is 8.20. The summed E-state index contributed by atoms with van der Waals surface area (Å²) in [7, 11) is 0. The van der Waals surface area contributed by atoms with Gasteiger partial charge in [0.2, 0.25) is 0 Å². The molecule has 0 amide bonds. The van der Waals surface area contributed by atoms with Crippen LogP contribution < -0.4 is 5.73 Å². The van der Waals surface area contributed by atoms with Crippen LogP contribution in [-0.4, -0.2) is 30.0 Å². The SMILES string of the molecule is CC(C)(CO)C(CN)CO. The van der Waals surface area contributed by atoms with Gasteiger partial charge in [0.05, 0.1) is 0 Å². The summed E-state index contributed by atoms with van der Waals surface area (Å²) >= 11 is 0. The summed E-state index contributed by atoms with van der Waals surface area (Å²) in [5.41, 5.74) is 5.11. The fourth-order valence-corrected chi connectivity index (χ4v) is 0.770. The van der Waals surface area contributed by atoms with E-state index in [2.05, 4.69) is 0 Å². The van der Waals surface area contributed by atoms with Crippen molar-refractivity contribution in [3.8, 4) is 0 Å². The predicted octanol–water partition coefficient (Wildman–Crippen LogP) is -0.428. The van der Waals surface area contributed by atoms with Gasteiger partial charge in [-0.3, -0.25) is 0 Å². The molecule has 0 heterocycles. The molecule has 1 atom stereocenters. The van der Waals surface area contributed by atoms with Crippen molar-refractivity contribution in [2.75, 3.05) is 19.8 Å². The lowest BCUT2D eigenvalue weighted by molar-refractivity contribution is 0.0611. The van der Waals surface area contributed by atoms with Crippen molar-refractivity contribution in [3.63, 3.8) is 0 Å². The molecule has 0 aliphatic rings. The molecule has 0 aromatic heterocycles. The van der Waals surface area contributed by atoms with Crippen molar-refractivity contribution in [2.24, 2.45) is 17.1 Å². The molecule has 0 rings (SSSR count). The highest BCUT2D eigenvalue weighted by atomic mass is 16.3. The van der Waals surface area contributed by atoms with Crippen LogP contribution in [0.5, 0.6) is 0 Å². The molecule has 0 saturated carbocycles. The molecule has 0 aromatic rings. The molecule has 4 N–H and O–H groups in total. The van der Waals surface area contributed by atoms with Gasteiger partial charge in [0, 0.05) is 19.1 Å². The van der Waals surface area contributed by atoms with E-state index in [9.17, 15) is 0 Å². The standard InChI is InChI=1S/C7H17NO2/c1-7(2,5-10)6(3-8)4-9/h6,9-10H,3-5,8H2,1-2H3. The molecule has 0 aliphatic heterocycles. The number of aliphatic hydroxyl groups is 2. The second kappa shape index (κ2) is 3.91. The maximum absolute atomic E-state index is 8.86. The summed E-state index contributed by atoms with van der Waals surface area (Å²) in [5.74, 6) is -0.00231. The minimum Gasteiger partial charge on any atom is -0.396 e. The van der Waals surface area contributed by atoms with E-state index in [1.165, 1.54) is 0 Å². The summed E-state index contributed by atoms with van der Waals surface area (Å²) in [5, 5.41) is 17.7. The third kappa shape index (κ3) is 2.25. The minimum absolute atomic E-state index is 0.00231. The van der Waals surface area contributed by atoms with Crippen LogP contribution in [0.25, 0.3) is 0 Å². The van der Waals surface area contributed by atoms with E-state index in [1.807, 2.05) is 13.8 Å². The van der Waals surface area contributed by atoms with Crippen LogP contribution in [0, 0.1) is 11.3 Å². The first-order valence-electron chi connectivity index (χ1n) is 3.50. The number of hydrogen-bond donors (Lipinski definition) is 3. The Hall–Kier alpha value is -0.120. The molecule has 0 fully saturated rings. The van der Waals surface area contributed by atoms with Gasteiger partial charge < -0.3 is 15.9 Å². The van der Waals surface area contributed by atoms with Crippen molar-refractivity contribution < 1.29 is 10.2 Å². The van der Waals surface area contributed by atoms with Gasteiger partial charge in [-0.05, 0) is 12.0 Å². The fraction of sp³-hybridized carbons (Fsp3) is 1.00. The van der Waals surface area contributed by atoms with Gasteiger partial charge in [0.15, 0.2) is 0 Å². The van der Waals surface area contributed by atoms with E-state index in [1.54, 1.807) is 0 Å². The molecule has 10 heavy (non-hydrogen) atoms. The second-order valence-electron chi connectivity index (χ2n) is 3.26. The molecule has 3 nitrogen and oxygen atoms in total. The molecule has 3 heteroatoms. The Kier molecular flexibility index (Phi) is 3.86. The monoisotopic (exact) mass is 147 g/mol. The Balaban J connectivity index is 3.97. The molecule has 62 valence electrons. The zero-order valence-corrected chi connectivity index (χ0v) is 6.67. The van der Waals surface area contributed by atoms with Crippen LogP contribution in [0.4, 0.5) is 0 Å².